The van der Waals surface area contributed by atoms with Crippen LogP contribution in [-0.2, 0) is 22.5 Å². The third-order valence-electron chi connectivity index (χ3n) is 5.10. The molecule has 0 aromatic heterocycles. The molecule has 2 aromatic carbocycles. The monoisotopic (exact) mass is 350 g/mol. The van der Waals surface area contributed by atoms with Gasteiger partial charge in [0.2, 0.25) is 0 Å². The standard InChI is InChI=1S/C21H22N2O3/c24-20(19-14-17-8-4-5-9-18(17)21(25)26-19)23-12-10-22(11-13-23)15-16-6-2-1-3-7-16/h1-9,19H,10-15H2. The molecule has 5 heteroatoms. The van der Waals surface area contributed by atoms with Crippen LogP contribution in [-0.4, -0.2) is 54.0 Å². The number of hydrogen-bond acceptors (Lipinski definition) is 4. The Balaban J connectivity index is 1.35. The molecule has 26 heavy (non-hydrogen) atoms. The minimum Gasteiger partial charge on any atom is -0.448 e. The average Bonchev–Trinajstić information content (AvgIpc) is 2.69. The van der Waals surface area contributed by atoms with E-state index in [1.54, 1.807) is 6.07 Å². The normalized spacial score (nSPS) is 20.4. The summed E-state index contributed by atoms with van der Waals surface area (Å²) in [7, 11) is 0. The lowest BCUT2D eigenvalue weighted by atomic mass is 9.98. The lowest BCUT2D eigenvalue weighted by Gasteiger charge is -2.37. The van der Waals surface area contributed by atoms with Crippen molar-refractivity contribution in [1.82, 2.24) is 9.80 Å². The summed E-state index contributed by atoms with van der Waals surface area (Å²) in [5, 5.41) is 0. The lowest BCUT2D eigenvalue weighted by molar-refractivity contribution is -0.142. The van der Waals surface area contributed by atoms with E-state index < -0.39 is 12.1 Å². The van der Waals surface area contributed by atoms with Gasteiger partial charge in [0.25, 0.3) is 5.91 Å². The van der Waals surface area contributed by atoms with Crippen molar-refractivity contribution in [3.63, 3.8) is 0 Å². The number of ether oxygens (including phenoxy) is 1. The first-order chi connectivity index (χ1) is 12.7. The molecule has 2 aliphatic heterocycles. The van der Waals surface area contributed by atoms with Gasteiger partial charge in [-0.3, -0.25) is 9.69 Å². The Labute approximate surface area is 153 Å². The predicted molar refractivity (Wildman–Crippen MR) is 97.6 cm³/mol. The van der Waals surface area contributed by atoms with E-state index in [0.29, 0.717) is 25.1 Å². The fraction of sp³-hybridized carbons (Fsp3) is 0.333. The van der Waals surface area contributed by atoms with E-state index in [1.807, 2.05) is 41.3 Å². The van der Waals surface area contributed by atoms with Crippen molar-refractivity contribution in [3.8, 4) is 0 Å². The van der Waals surface area contributed by atoms with Gasteiger partial charge in [-0.05, 0) is 17.2 Å². The highest BCUT2D eigenvalue weighted by Gasteiger charge is 2.34. The summed E-state index contributed by atoms with van der Waals surface area (Å²) >= 11 is 0. The molecule has 2 heterocycles. The Morgan fingerprint density at radius 2 is 1.65 bits per heavy atom. The second kappa shape index (κ2) is 7.30. The molecule has 1 unspecified atom stereocenters. The van der Waals surface area contributed by atoms with Crippen LogP contribution in [0.2, 0.25) is 0 Å². The molecule has 1 saturated heterocycles. The van der Waals surface area contributed by atoms with Crippen molar-refractivity contribution in [2.24, 2.45) is 0 Å². The van der Waals surface area contributed by atoms with Crippen molar-refractivity contribution < 1.29 is 14.3 Å². The maximum atomic E-state index is 12.8. The average molecular weight is 350 g/mol. The van der Waals surface area contributed by atoms with Crippen LogP contribution < -0.4 is 0 Å². The Kier molecular flexibility index (Phi) is 4.71. The van der Waals surface area contributed by atoms with Gasteiger partial charge in [-0.2, -0.15) is 0 Å². The van der Waals surface area contributed by atoms with Gasteiger partial charge < -0.3 is 9.64 Å². The molecular formula is C21H22N2O3. The third kappa shape index (κ3) is 3.48. The third-order valence-corrected chi connectivity index (χ3v) is 5.10. The first kappa shape index (κ1) is 16.8. The topological polar surface area (TPSA) is 49.9 Å². The molecule has 0 N–H and O–H groups in total. The van der Waals surface area contributed by atoms with Crippen molar-refractivity contribution in [1.29, 1.82) is 0 Å². The number of nitrogens with zero attached hydrogens (tertiary/aromatic N) is 2. The van der Waals surface area contributed by atoms with E-state index in [-0.39, 0.29) is 5.91 Å². The molecule has 0 radical (unpaired) electrons. The summed E-state index contributed by atoms with van der Waals surface area (Å²) in [5.74, 6) is -0.472. The minimum atomic E-state index is -0.696. The van der Waals surface area contributed by atoms with Crippen LogP contribution in [0.25, 0.3) is 0 Å². The summed E-state index contributed by atoms with van der Waals surface area (Å²) < 4.78 is 5.41. The minimum absolute atomic E-state index is 0.0767. The van der Waals surface area contributed by atoms with Crippen LogP contribution >= 0.6 is 0 Å². The molecule has 0 saturated carbocycles. The number of hydrogen-bond donors (Lipinski definition) is 0. The Bertz CT molecular complexity index is 798. The summed E-state index contributed by atoms with van der Waals surface area (Å²) in [4.78, 5) is 29.1. The number of fused-ring (bicyclic) bond motifs is 1. The quantitative estimate of drug-likeness (QED) is 0.796. The molecule has 0 aliphatic carbocycles. The number of rotatable bonds is 3. The van der Waals surface area contributed by atoms with E-state index in [9.17, 15) is 9.59 Å². The van der Waals surface area contributed by atoms with Gasteiger partial charge in [-0.15, -0.1) is 0 Å². The second-order valence-corrected chi connectivity index (χ2v) is 6.84. The molecule has 2 aliphatic rings. The zero-order chi connectivity index (χ0) is 17.9. The molecule has 5 nitrogen and oxygen atoms in total. The summed E-state index contributed by atoms with van der Waals surface area (Å²) in [6.45, 7) is 3.90. The van der Waals surface area contributed by atoms with Gasteiger partial charge in [0.1, 0.15) is 0 Å². The number of amides is 1. The number of carbonyl (C=O) groups excluding carboxylic acids is 2. The number of esters is 1. The van der Waals surface area contributed by atoms with Crippen LogP contribution in [0.3, 0.4) is 0 Å². The molecule has 1 amide bonds. The molecule has 134 valence electrons. The first-order valence-electron chi connectivity index (χ1n) is 9.04. The van der Waals surface area contributed by atoms with E-state index >= 15 is 0 Å². The summed E-state index contributed by atoms with van der Waals surface area (Å²) in [6, 6.07) is 17.7. The zero-order valence-electron chi connectivity index (χ0n) is 14.6. The van der Waals surface area contributed by atoms with Crippen LogP contribution in [0.15, 0.2) is 54.6 Å². The maximum Gasteiger partial charge on any atom is 0.339 e. The summed E-state index contributed by atoms with van der Waals surface area (Å²) in [5.41, 5.74) is 2.75. The van der Waals surface area contributed by atoms with Crippen molar-refractivity contribution in [3.05, 3.63) is 71.3 Å². The van der Waals surface area contributed by atoms with Crippen LogP contribution in [0.5, 0.6) is 0 Å². The van der Waals surface area contributed by atoms with Crippen LogP contribution in [0.1, 0.15) is 21.5 Å². The second-order valence-electron chi connectivity index (χ2n) is 6.84. The maximum absolute atomic E-state index is 12.8. The van der Waals surface area contributed by atoms with Gasteiger partial charge in [-0.25, -0.2) is 4.79 Å². The fourth-order valence-electron chi connectivity index (χ4n) is 3.64. The molecule has 1 atom stereocenters. The Hall–Kier alpha value is -2.66. The number of carbonyl (C=O) groups is 2. The first-order valence-corrected chi connectivity index (χ1v) is 9.04. The van der Waals surface area contributed by atoms with Crippen molar-refractivity contribution >= 4 is 11.9 Å². The largest absolute Gasteiger partial charge is 0.448 e. The molecular weight excluding hydrogens is 328 g/mol. The van der Waals surface area contributed by atoms with E-state index in [1.165, 1.54) is 5.56 Å². The van der Waals surface area contributed by atoms with Gasteiger partial charge in [0.05, 0.1) is 5.56 Å². The molecule has 0 spiro atoms. The number of piperazine rings is 1. The smallest absolute Gasteiger partial charge is 0.339 e. The molecule has 2 aromatic rings. The van der Waals surface area contributed by atoms with E-state index in [2.05, 4.69) is 17.0 Å². The Morgan fingerprint density at radius 1 is 0.962 bits per heavy atom. The molecule has 0 bridgehead atoms. The van der Waals surface area contributed by atoms with E-state index in [0.717, 1.165) is 25.2 Å². The molecule has 1 fully saturated rings. The van der Waals surface area contributed by atoms with Crippen LogP contribution in [0.4, 0.5) is 0 Å². The van der Waals surface area contributed by atoms with Gasteiger partial charge in [0.15, 0.2) is 6.10 Å². The van der Waals surface area contributed by atoms with Gasteiger partial charge >= 0.3 is 5.97 Å². The fourth-order valence-corrected chi connectivity index (χ4v) is 3.64. The highest BCUT2D eigenvalue weighted by molar-refractivity contribution is 5.95. The van der Waals surface area contributed by atoms with Crippen molar-refractivity contribution in [2.45, 2.75) is 19.1 Å². The van der Waals surface area contributed by atoms with E-state index in [4.69, 9.17) is 4.74 Å². The van der Waals surface area contributed by atoms with Crippen molar-refractivity contribution in [2.75, 3.05) is 26.2 Å². The number of cyclic esters (lactones) is 1. The Morgan fingerprint density at radius 3 is 2.42 bits per heavy atom. The zero-order valence-corrected chi connectivity index (χ0v) is 14.6. The summed E-state index contributed by atoms with van der Waals surface area (Å²) in [6.07, 6.45) is -0.233. The van der Waals surface area contributed by atoms with Gasteiger partial charge in [0, 0.05) is 39.1 Å². The van der Waals surface area contributed by atoms with Gasteiger partial charge in [-0.1, -0.05) is 48.5 Å². The predicted octanol–water partition coefficient (Wildman–Crippen LogP) is 2.11. The SMILES string of the molecule is O=C1OC(C(=O)N2CCN(Cc3ccccc3)CC2)Cc2ccccc21. The highest BCUT2D eigenvalue weighted by Crippen LogP contribution is 2.22. The lowest BCUT2D eigenvalue weighted by Crippen LogP contribution is -2.52. The number of benzene rings is 2. The molecule has 4 rings (SSSR count). The highest BCUT2D eigenvalue weighted by atomic mass is 16.5. The van der Waals surface area contributed by atoms with Crippen LogP contribution in [0, 0.1) is 0 Å².